The van der Waals surface area contributed by atoms with E-state index >= 15 is 0 Å². The molecule has 0 amide bonds. The van der Waals surface area contributed by atoms with Crippen molar-refractivity contribution in [3.63, 3.8) is 0 Å². The van der Waals surface area contributed by atoms with E-state index in [1.807, 2.05) is 28.3 Å². The number of nitrogens with one attached hydrogen (secondary N) is 1. The standard InChI is InChI=1S/C11H12N6S/c1-16-7-13-15-9(16)4-6-17-10-8(14-11(17)18)3-2-5-12-10/h2-3,5,7H,4,6H2,1H3,(H,14,18). The highest BCUT2D eigenvalue weighted by Crippen LogP contribution is 2.11. The fourth-order valence-corrected chi connectivity index (χ4v) is 2.23. The Balaban J connectivity index is 1.93. The van der Waals surface area contributed by atoms with Crippen molar-refractivity contribution in [1.29, 1.82) is 0 Å². The maximum absolute atomic E-state index is 5.31. The Morgan fingerprint density at radius 3 is 3.11 bits per heavy atom. The molecule has 3 aromatic rings. The molecule has 0 bridgehead atoms. The fraction of sp³-hybridized carbons (Fsp3) is 0.273. The summed E-state index contributed by atoms with van der Waals surface area (Å²) in [5.74, 6) is 0.933. The SMILES string of the molecule is Cn1cnnc1CCn1c(=S)[nH]c2cccnc21. The van der Waals surface area contributed by atoms with Crippen molar-refractivity contribution in [3.05, 3.63) is 35.3 Å². The Morgan fingerprint density at radius 1 is 1.44 bits per heavy atom. The number of hydrogen-bond acceptors (Lipinski definition) is 4. The van der Waals surface area contributed by atoms with Crippen LogP contribution in [0, 0.1) is 4.77 Å². The molecule has 3 rings (SSSR count). The summed E-state index contributed by atoms with van der Waals surface area (Å²) in [4.78, 5) is 7.49. The second kappa shape index (κ2) is 4.34. The van der Waals surface area contributed by atoms with Crippen LogP contribution in [0.2, 0.25) is 0 Å². The summed E-state index contributed by atoms with van der Waals surface area (Å²) in [6, 6.07) is 3.86. The van der Waals surface area contributed by atoms with Gasteiger partial charge in [0, 0.05) is 26.2 Å². The number of fused-ring (bicyclic) bond motifs is 1. The monoisotopic (exact) mass is 260 g/mol. The molecule has 92 valence electrons. The van der Waals surface area contributed by atoms with Crippen LogP contribution >= 0.6 is 12.2 Å². The number of aryl methyl sites for hydroxylation is 3. The van der Waals surface area contributed by atoms with E-state index in [4.69, 9.17) is 12.2 Å². The van der Waals surface area contributed by atoms with Gasteiger partial charge in [0.2, 0.25) is 0 Å². The molecule has 0 aliphatic heterocycles. The summed E-state index contributed by atoms with van der Waals surface area (Å²) in [6.45, 7) is 0.738. The molecule has 0 unspecified atom stereocenters. The van der Waals surface area contributed by atoms with Crippen LogP contribution in [-0.4, -0.2) is 29.3 Å². The third kappa shape index (κ3) is 1.82. The van der Waals surface area contributed by atoms with Gasteiger partial charge in [0.1, 0.15) is 12.2 Å². The van der Waals surface area contributed by atoms with Gasteiger partial charge in [-0.15, -0.1) is 10.2 Å². The molecule has 0 saturated heterocycles. The molecule has 1 N–H and O–H groups in total. The average Bonchev–Trinajstić information content (AvgIpc) is 2.90. The highest BCUT2D eigenvalue weighted by atomic mass is 32.1. The van der Waals surface area contributed by atoms with Crippen LogP contribution < -0.4 is 0 Å². The van der Waals surface area contributed by atoms with Crippen molar-refractivity contribution in [3.8, 4) is 0 Å². The Morgan fingerprint density at radius 2 is 2.33 bits per heavy atom. The number of aromatic nitrogens is 6. The van der Waals surface area contributed by atoms with Crippen LogP contribution in [0.15, 0.2) is 24.7 Å². The van der Waals surface area contributed by atoms with Crippen LogP contribution in [-0.2, 0) is 20.0 Å². The van der Waals surface area contributed by atoms with E-state index in [9.17, 15) is 0 Å². The van der Waals surface area contributed by atoms with E-state index in [1.54, 1.807) is 12.5 Å². The van der Waals surface area contributed by atoms with Gasteiger partial charge in [-0.05, 0) is 24.4 Å². The fourth-order valence-electron chi connectivity index (χ4n) is 1.94. The van der Waals surface area contributed by atoms with E-state index in [0.717, 1.165) is 30.0 Å². The number of nitrogens with zero attached hydrogens (tertiary/aromatic N) is 5. The minimum absolute atomic E-state index is 0.686. The molecular weight excluding hydrogens is 248 g/mol. The minimum atomic E-state index is 0.686. The lowest BCUT2D eigenvalue weighted by Crippen LogP contribution is -2.06. The molecule has 7 heteroatoms. The molecule has 0 aromatic carbocycles. The summed E-state index contributed by atoms with van der Waals surface area (Å²) >= 11 is 5.31. The second-order valence-corrected chi connectivity index (χ2v) is 4.45. The van der Waals surface area contributed by atoms with Gasteiger partial charge in [-0.3, -0.25) is 0 Å². The van der Waals surface area contributed by atoms with E-state index < -0.39 is 0 Å². The van der Waals surface area contributed by atoms with Gasteiger partial charge in [0.15, 0.2) is 10.4 Å². The summed E-state index contributed by atoms with van der Waals surface area (Å²) < 4.78 is 4.58. The molecule has 3 heterocycles. The maximum atomic E-state index is 5.31. The Hall–Kier alpha value is -2.02. The zero-order valence-electron chi connectivity index (χ0n) is 9.87. The van der Waals surface area contributed by atoms with Crippen LogP contribution in [0.1, 0.15) is 5.82 Å². The summed E-state index contributed by atoms with van der Waals surface area (Å²) in [5.41, 5.74) is 1.84. The quantitative estimate of drug-likeness (QED) is 0.724. The third-order valence-electron chi connectivity index (χ3n) is 2.89. The van der Waals surface area contributed by atoms with Crippen LogP contribution in [0.4, 0.5) is 0 Å². The van der Waals surface area contributed by atoms with Gasteiger partial charge < -0.3 is 14.1 Å². The topological polar surface area (TPSA) is 64.3 Å². The van der Waals surface area contributed by atoms with Gasteiger partial charge in [-0.25, -0.2) is 4.98 Å². The minimum Gasteiger partial charge on any atom is -0.329 e. The molecule has 0 atom stereocenters. The van der Waals surface area contributed by atoms with Crippen LogP contribution in [0.25, 0.3) is 11.2 Å². The lowest BCUT2D eigenvalue weighted by atomic mass is 10.4. The highest BCUT2D eigenvalue weighted by molar-refractivity contribution is 7.71. The van der Waals surface area contributed by atoms with Crippen molar-refractivity contribution in [2.45, 2.75) is 13.0 Å². The van der Waals surface area contributed by atoms with Crippen molar-refractivity contribution in [2.75, 3.05) is 0 Å². The predicted molar refractivity (Wildman–Crippen MR) is 69.6 cm³/mol. The number of H-pyrrole nitrogens is 1. The van der Waals surface area contributed by atoms with Crippen molar-refractivity contribution in [2.24, 2.45) is 7.05 Å². The zero-order valence-corrected chi connectivity index (χ0v) is 10.7. The van der Waals surface area contributed by atoms with E-state index in [2.05, 4.69) is 20.2 Å². The Labute approximate surface area is 108 Å². The van der Waals surface area contributed by atoms with Gasteiger partial charge in [0.25, 0.3) is 0 Å². The van der Waals surface area contributed by atoms with Gasteiger partial charge in [-0.2, -0.15) is 0 Å². The van der Waals surface area contributed by atoms with Crippen LogP contribution in [0.5, 0.6) is 0 Å². The first kappa shape index (κ1) is 11.1. The first-order valence-electron chi connectivity index (χ1n) is 5.62. The average molecular weight is 260 g/mol. The molecule has 6 nitrogen and oxygen atoms in total. The first-order chi connectivity index (χ1) is 8.75. The molecule has 18 heavy (non-hydrogen) atoms. The van der Waals surface area contributed by atoms with E-state index in [0.29, 0.717) is 4.77 Å². The van der Waals surface area contributed by atoms with Gasteiger partial charge >= 0.3 is 0 Å². The summed E-state index contributed by atoms with van der Waals surface area (Å²) in [5, 5.41) is 7.92. The lowest BCUT2D eigenvalue weighted by molar-refractivity contribution is 0.652. The first-order valence-corrected chi connectivity index (χ1v) is 6.03. The molecule has 0 saturated carbocycles. The molecule has 0 aliphatic rings. The summed E-state index contributed by atoms with van der Waals surface area (Å²) in [7, 11) is 1.93. The highest BCUT2D eigenvalue weighted by Gasteiger charge is 2.07. The Kier molecular flexibility index (Phi) is 2.67. The second-order valence-electron chi connectivity index (χ2n) is 4.06. The van der Waals surface area contributed by atoms with Gasteiger partial charge in [0.05, 0.1) is 5.52 Å². The van der Waals surface area contributed by atoms with Crippen molar-refractivity contribution in [1.82, 2.24) is 29.3 Å². The molecular formula is C11H12N6S. The lowest BCUT2D eigenvalue weighted by Gasteiger charge is -2.03. The molecule has 0 aliphatic carbocycles. The van der Waals surface area contributed by atoms with Crippen molar-refractivity contribution < 1.29 is 0 Å². The number of aromatic amines is 1. The predicted octanol–water partition coefficient (Wildman–Crippen LogP) is 1.47. The van der Waals surface area contributed by atoms with Gasteiger partial charge in [-0.1, -0.05) is 0 Å². The summed E-state index contributed by atoms with van der Waals surface area (Å²) in [6.07, 6.45) is 4.24. The van der Waals surface area contributed by atoms with Crippen LogP contribution in [0.3, 0.4) is 0 Å². The largest absolute Gasteiger partial charge is 0.329 e. The van der Waals surface area contributed by atoms with E-state index in [1.165, 1.54) is 0 Å². The Bertz CT molecular complexity index is 737. The smallest absolute Gasteiger partial charge is 0.179 e. The molecule has 0 fully saturated rings. The van der Waals surface area contributed by atoms with E-state index in [-0.39, 0.29) is 0 Å². The number of rotatable bonds is 3. The molecule has 3 aromatic heterocycles. The number of imidazole rings is 1. The molecule has 0 spiro atoms. The number of hydrogen-bond donors (Lipinski definition) is 1. The maximum Gasteiger partial charge on any atom is 0.179 e. The zero-order chi connectivity index (χ0) is 12.5. The normalized spacial score (nSPS) is 11.2. The van der Waals surface area contributed by atoms with Crippen molar-refractivity contribution >= 4 is 23.4 Å². The molecule has 0 radical (unpaired) electrons. The third-order valence-corrected chi connectivity index (χ3v) is 3.22. The number of pyridine rings is 1.